The number of nitrogens with zero attached hydrogens (tertiary/aromatic N) is 1. The first kappa shape index (κ1) is 22.3. The second-order valence-corrected chi connectivity index (χ2v) is 8.69. The van der Waals surface area contributed by atoms with E-state index in [-0.39, 0.29) is 12.6 Å². The van der Waals surface area contributed by atoms with Crippen molar-refractivity contribution in [1.82, 2.24) is 4.98 Å². The molecule has 2 aromatic carbocycles. The minimum absolute atomic E-state index is 0.248. The van der Waals surface area contributed by atoms with Crippen molar-refractivity contribution in [3.8, 4) is 11.1 Å². The predicted molar refractivity (Wildman–Crippen MR) is 127 cm³/mol. The summed E-state index contributed by atoms with van der Waals surface area (Å²) in [6, 6.07) is 11.5. The number of nitrogens with one attached hydrogen (secondary N) is 2. The minimum Gasteiger partial charge on any atom is -0.399 e. The van der Waals surface area contributed by atoms with Gasteiger partial charge in [0, 0.05) is 47.8 Å². The lowest BCUT2D eigenvalue weighted by Gasteiger charge is -2.27. The Hall–Kier alpha value is -2.90. The molecule has 32 heavy (non-hydrogen) atoms. The first-order valence-corrected chi connectivity index (χ1v) is 11.0. The Labute approximate surface area is 191 Å². The molecule has 1 saturated carbocycles. The van der Waals surface area contributed by atoms with Crippen LogP contribution in [0, 0.1) is 11.6 Å². The third-order valence-corrected chi connectivity index (χ3v) is 5.97. The van der Waals surface area contributed by atoms with E-state index >= 15 is 0 Å². The van der Waals surface area contributed by atoms with E-state index in [9.17, 15) is 8.78 Å². The summed E-state index contributed by atoms with van der Waals surface area (Å²) in [7, 11) is 0. The molecule has 4 rings (SSSR count). The van der Waals surface area contributed by atoms with Crippen molar-refractivity contribution in [2.45, 2.75) is 44.3 Å². The summed E-state index contributed by atoms with van der Waals surface area (Å²) in [6.45, 7) is 0.248. The van der Waals surface area contributed by atoms with Gasteiger partial charge in [0.05, 0.1) is 5.02 Å². The number of rotatable bonds is 6. The van der Waals surface area contributed by atoms with Crippen LogP contribution in [0.4, 0.5) is 26.0 Å². The summed E-state index contributed by atoms with van der Waals surface area (Å²) < 4.78 is 26.9. The van der Waals surface area contributed by atoms with Gasteiger partial charge in [-0.15, -0.1) is 0 Å². The molecule has 168 valence electrons. The SMILES string of the molecule is Nc1cc(NCc2cc(F)cc(F)c2)cc(-c2cc(NC3CCC(N)CC3)ncc2Cl)c1. The zero-order valence-corrected chi connectivity index (χ0v) is 18.3. The Balaban J connectivity index is 1.53. The maximum absolute atomic E-state index is 13.5. The Morgan fingerprint density at radius 2 is 1.69 bits per heavy atom. The Morgan fingerprint density at radius 1 is 0.969 bits per heavy atom. The maximum Gasteiger partial charge on any atom is 0.126 e. The molecule has 1 fully saturated rings. The fourth-order valence-corrected chi connectivity index (χ4v) is 4.25. The Bertz CT molecular complexity index is 1080. The van der Waals surface area contributed by atoms with Gasteiger partial charge in [0.15, 0.2) is 0 Å². The van der Waals surface area contributed by atoms with E-state index in [2.05, 4.69) is 15.6 Å². The highest BCUT2D eigenvalue weighted by atomic mass is 35.5. The average molecular weight is 458 g/mol. The summed E-state index contributed by atoms with van der Waals surface area (Å²) in [5.41, 5.74) is 15.5. The Morgan fingerprint density at radius 3 is 2.41 bits per heavy atom. The number of hydrogen-bond acceptors (Lipinski definition) is 5. The van der Waals surface area contributed by atoms with Crippen LogP contribution >= 0.6 is 11.6 Å². The van der Waals surface area contributed by atoms with Gasteiger partial charge in [-0.1, -0.05) is 11.6 Å². The molecule has 0 unspecified atom stereocenters. The molecule has 0 radical (unpaired) electrons. The number of nitrogen functional groups attached to an aromatic ring is 1. The fraction of sp³-hybridized carbons (Fsp3) is 0.292. The van der Waals surface area contributed by atoms with E-state index in [0.717, 1.165) is 48.7 Å². The lowest BCUT2D eigenvalue weighted by molar-refractivity contribution is 0.410. The third-order valence-electron chi connectivity index (χ3n) is 5.66. The number of benzene rings is 2. The van der Waals surface area contributed by atoms with Crippen LogP contribution in [0.2, 0.25) is 5.02 Å². The number of hydrogen-bond donors (Lipinski definition) is 4. The van der Waals surface area contributed by atoms with Crippen molar-refractivity contribution in [2.75, 3.05) is 16.4 Å². The molecule has 0 saturated heterocycles. The highest BCUT2D eigenvalue weighted by Gasteiger charge is 2.19. The van der Waals surface area contributed by atoms with E-state index in [1.54, 1.807) is 12.3 Å². The standard InChI is InChI=1S/C24H26ClF2N5/c25-23-13-31-24(32-20-3-1-18(28)2-4-20)11-22(23)15-7-19(29)10-21(8-15)30-12-14-5-16(26)9-17(27)6-14/h5-11,13,18,20,30H,1-4,12,28-29H2,(H,31,32). The van der Waals surface area contributed by atoms with Crippen molar-refractivity contribution < 1.29 is 8.78 Å². The van der Waals surface area contributed by atoms with Gasteiger partial charge >= 0.3 is 0 Å². The van der Waals surface area contributed by atoms with Gasteiger partial charge in [0.25, 0.3) is 0 Å². The number of aromatic nitrogens is 1. The van der Waals surface area contributed by atoms with Crippen LogP contribution in [0.25, 0.3) is 11.1 Å². The number of halogens is 3. The molecule has 0 spiro atoms. The normalized spacial score (nSPS) is 18.4. The molecular weight excluding hydrogens is 432 g/mol. The fourth-order valence-electron chi connectivity index (χ4n) is 4.04. The quantitative estimate of drug-likeness (QED) is 0.364. The minimum atomic E-state index is -0.612. The molecule has 1 heterocycles. The van der Waals surface area contributed by atoms with Crippen LogP contribution in [-0.4, -0.2) is 17.1 Å². The van der Waals surface area contributed by atoms with Gasteiger partial charge in [0.1, 0.15) is 17.5 Å². The van der Waals surface area contributed by atoms with Gasteiger partial charge in [0.2, 0.25) is 0 Å². The van der Waals surface area contributed by atoms with Gasteiger partial charge in [-0.3, -0.25) is 0 Å². The van der Waals surface area contributed by atoms with Crippen LogP contribution in [0.1, 0.15) is 31.2 Å². The number of anilines is 3. The van der Waals surface area contributed by atoms with Crippen molar-refractivity contribution in [3.05, 3.63) is 70.9 Å². The zero-order chi connectivity index (χ0) is 22.7. The Kier molecular flexibility index (Phi) is 6.77. The number of nitrogens with two attached hydrogens (primary N) is 2. The second-order valence-electron chi connectivity index (χ2n) is 8.28. The van der Waals surface area contributed by atoms with Crippen LogP contribution in [-0.2, 0) is 6.54 Å². The van der Waals surface area contributed by atoms with E-state index in [1.807, 2.05) is 18.2 Å². The van der Waals surface area contributed by atoms with Crippen LogP contribution in [0.3, 0.4) is 0 Å². The lowest BCUT2D eigenvalue weighted by Crippen LogP contribution is -2.33. The molecule has 1 aliphatic carbocycles. The molecule has 0 atom stereocenters. The molecule has 8 heteroatoms. The zero-order valence-electron chi connectivity index (χ0n) is 17.5. The van der Waals surface area contributed by atoms with Crippen molar-refractivity contribution in [2.24, 2.45) is 5.73 Å². The van der Waals surface area contributed by atoms with Gasteiger partial charge < -0.3 is 22.1 Å². The predicted octanol–water partition coefficient (Wildman–Crippen LogP) is 5.56. The maximum atomic E-state index is 13.5. The largest absolute Gasteiger partial charge is 0.399 e. The molecule has 5 nitrogen and oxygen atoms in total. The molecule has 1 aromatic heterocycles. The lowest BCUT2D eigenvalue weighted by atomic mass is 9.92. The first-order valence-electron chi connectivity index (χ1n) is 10.6. The van der Waals surface area contributed by atoms with Crippen molar-refractivity contribution >= 4 is 28.8 Å². The topological polar surface area (TPSA) is 89.0 Å². The van der Waals surface area contributed by atoms with Crippen LogP contribution in [0.5, 0.6) is 0 Å². The highest BCUT2D eigenvalue weighted by Crippen LogP contribution is 2.33. The van der Waals surface area contributed by atoms with Gasteiger partial charge in [-0.2, -0.15) is 0 Å². The summed E-state index contributed by atoms with van der Waals surface area (Å²) in [5, 5.41) is 7.16. The molecular formula is C24H26ClF2N5. The number of pyridine rings is 1. The summed E-state index contributed by atoms with van der Waals surface area (Å²) in [6.07, 6.45) is 5.64. The highest BCUT2D eigenvalue weighted by molar-refractivity contribution is 6.33. The average Bonchev–Trinajstić information content (AvgIpc) is 2.74. The van der Waals surface area contributed by atoms with E-state index in [4.69, 9.17) is 23.1 Å². The molecule has 1 aliphatic rings. The van der Waals surface area contributed by atoms with E-state index in [1.165, 1.54) is 12.1 Å². The molecule has 6 N–H and O–H groups in total. The van der Waals surface area contributed by atoms with Crippen LogP contribution < -0.4 is 22.1 Å². The molecule has 0 bridgehead atoms. The second kappa shape index (κ2) is 9.71. The van der Waals surface area contributed by atoms with Gasteiger partial charge in [-0.25, -0.2) is 13.8 Å². The summed E-state index contributed by atoms with van der Waals surface area (Å²) >= 11 is 6.45. The molecule has 0 amide bonds. The van der Waals surface area contributed by atoms with Crippen molar-refractivity contribution in [3.63, 3.8) is 0 Å². The molecule has 0 aliphatic heterocycles. The summed E-state index contributed by atoms with van der Waals surface area (Å²) in [4.78, 5) is 4.42. The first-order chi connectivity index (χ1) is 15.4. The van der Waals surface area contributed by atoms with E-state index in [0.29, 0.717) is 28.0 Å². The van der Waals surface area contributed by atoms with Gasteiger partial charge in [-0.05, 0) is 73.2 Å². The smallest absolute Gasteiger partial charge is 0.126 e. The monoisotopic (exact) mass is 457 g/mol. The van der Waals surface area contributed by atoms with Crippen LogP contribution in [0.15, 0.2) is 48.7 Å². The van der Waals surface area contributed by atoms with E-state index < -0.39 is 11.6 Å². The van der Waals surface area contributed by atoms with Crippen molar-refractivity contribution in [1.29, 1.82) is 0 Å². The summed E-state index contributed by atoms with van der Waals surface area (Å²) in [5.74, 6) is -0.478. The third kappa shape index (κ3) is 5.66. The molecule has 3 aromatic rings.